The number of anilines is 1. The van der Waals surface area contributed by atoms with Crippen LogP contribution in [-0.2, 0) is 19.4 Å². The van der Waals surface area contributed by atoms with Gasteiger partial charge in [0.05, 0.1) is 10.6 Å². The molecule has 0 aromatic heterocycles. The van der Waals surface area contributed by atoms with E-state index in [9.17, 15) is 22.4 Å². The van der Waals surface area contributed by atoms with Crippen LogP contribution in [0.5, 0.6) is 0 Å². The molecule has 2 aromatic carbocycles. The number of sulfone groups is 1. The zero-order valence-electron chi connectivity index (χ0n) is 17.8. The van der Waals surface area contributed by atoms with Gasteiger partial charge in [-0.1, -0.05) is 24.3 Å². The number of alkyl carbamates (subject to hydrolysis) is 1. The molecule has 3 rings (SSSR count). The van der Waals surface area contributed by atoms with Crippen molar-refractivity contribution in [3.8, 4) is 11.1 Å². The minimum absolute atomic E-state index is 0.0686. The summed E-state index contributed by atoms with van der Waals surface area (Å²) in [5.41, 5.74) is 0.138. The van der Waals surface area contributed by atoms with Crippen molar-refractivity contribution in [2.24, 2.45) is 0 Å². The highest BCUT2D eigenvalue weighted by Gasteiger charge is 2.36. The molecule has 0 bridgehead atoms. The standard InChI is InChI=1S/C22H25FN2O5S/c1-22(2,3)30-21(27)24-17-11-12-25(20(17)26)18-10-9-14(13-16(18)23)15-7-5-6-8-19(15)31(4,28)29/h5-10,13,17H,11-12H2,1-4H3,(H,24,27)/t17-/m0/s1. The molecular formula is C22H25FN2O5S. The number of carbonyl (C=O) groups excluding carboxylic acids is 2. The van der Waals surface area contributed by atoms with Gasteiger partial charge >= 0.3 is 6.09 Å². The lowest BCUT2D eigenvalue weighted by Crippen LogP contribution is -2.43. The Balaban J connectivity index is 1.82. The lowest BCUT2D eigenvalue weighted by atomic mass is 10.0. The fourth-order valence-electron chi connectivity index (χ4n) is 3.42. The van der Waals surface area contributed by atoms with Gasteiger partial charge in [-0.3, -0.25) is 4.79 Å². The first-order valence-corrected chi connectivity index (χ1v) is 11.7. The zero-order chi connectivity index (χ0) is 23.0. The first-order chi connectivity index (χ1) is 14.4. The van der Waals surface area contributed by atoms with Crippen LogP contribution in [0.25, 0.3) is 11.1 Å². The largest absolute Gasteiger partial charge is 0.444 e. The lowest BCUT2D eigenvalue weighted by molar-refractivity contribution is -0.118. The second-order valence-electron chi connectivity index (χ2n) is 8.41. The molecule has 1 aliphatic rings. The van der Waals surface area contributed by atoms with E-state index in [0.29, 0.717) is 17.5 Å². The van der Waals surface area contributed by atoms with Crippen molar-refractivity contribution >= 4 is 27.5 Å². The van der Waals surface area contributed by atoms with Crippen molar-refractivity contribution in [3.63, 3.8) is 0 Å². The molecule has 166 valence electrons. The zero-order valence-corrected chi connectivity index (χ0v) is 18.6. The van der Waals surface area contributed by atoms with Gasteiger partial charge in [0.1, 0.15) is 17.5 Å². The number of rotatable bonds is 4. The van der Waals surface area contributed by atoms with Gasteiger partial charge in [0.25, 0.3) is 0 Å². The van der Waals surface area contributed by atoms with E-state index in [1.165, 1.54) is 23.1 Å². The fourth-order valence-corrected chi connectivity index (χ4v) is 4.34. The summed E-state index contributed by atoms with van der Waals surface area (Å²) in [6.07, 6.45) is 0.703. The minimum Gasteiger partial charge on any atom is -0.444 e. The Morgan fingerprint density at radius 2 is 1.87 bits per heavy atom. The number of hydrogen-bond acceptors (Lipinski definition) is 5. The average Bonchev–Trinajstić information content (AvgIpc) is 2.99. The van der Waals surface area contributed by atoms with Crippen LogP contribution in [-0.4, -0.2) is 44.9 Å². The van der Waals surface area contributed by atoms with Crippen molar-refractivity contribution in [2.75, 3.05) is 17.7 Å². The van der Waals surface area contributed by atoms with Crippen molar-refractivity contribution < 1.29 is 27.1 Å². The molecule has 2 amide bonds. The number of benzene rings is 2. The van der Waals surface area contributed by atoms with Gasteiger partial charge < -0.3 is 15.0 Å². The third-order valence-electron chi connectivity index (χ3n) is 4.73. The third kappa shape index (κ3) is 5.22. The molecule has 1 aliphatic heterocycles. The van der Waals surface area contributed by atoms with Crippen LogP contribution in [0.1, 0.15) is 27.2 Å². The second kappa shape index (κ2) is 8.30. The van der Waals surface area contributed by atoms with Crippen LogP contribution in [0.3, 0.4) is 0 Å². The normalized spacial score (nSPS) is 17.0. The predicted octanol–water partition coefficient (Wildman–Crippen LogP) is 3.53. The number of nitrogens with zero attached hydrogens (tertiary/aromatic N) is 1. The van der Waals surface area contributed by atoms with E-state index < -0.39 is 39.3 Å². The summed E-state index contributed by atoms with van der Waals surface area (Å²) in [7, 11) is -3.50. The van der Waals surface area contributed by atoms with Gasteiger partial charge in [0.15, 0.2) is 9.84 Å². The highest BCUT2D eigenvalue weighted by molar-refractivity contribution is 7.90. The van der Waals surface area contributed by atoms with Crippen molar-refractivity contribution in [2.45, 2.75) is 43.7 Å². The maximum atomic E-state index is 14.9. The van der Waals surface area contributed by atoms with E-state index in [-0.39, 0.29) is 17.1 Å². The van der Waals surface area contributed by atoms with Gasteiger partial charge in [-0.2, -0.15) is 0 Å². The van der Waals surface area contributed by atoms with Gasteiger partial charge in [-0.15, -0.1) is 0 Å². The van der Waals surface area contributed by atoms with Crippen LogP contribution in [0.15, 0.2) is 47.4 Å². The second-order valence-corrected chi connectivity index (χ2v) is 10.4. The highest BCUT2D eigenvalue weighted by atomic mass is 32.2. The summed E-state index contributed by atoms with van der Waals surface area (Å²) < 4.78 is 44.2. The maximum Gasteiger partial charge on any atom is 0.408 e. The Morgan fingerprint density at radius 1 is 1.19 bits per heavy atom. The molecular weight excluding hydrogens is 423 g/mol. The molecule has 1 saturated heterocycles. The van der Waals surface area contributed by atoms with Crippen LogP contribution in [0, 0.1) is 5.82 Å². The highest BCUT2D eigenvalue weighted by Crippen LogP contribution is 2.32. The molecule has 0 unspecified atom stereocenters. The SMILES string of the molecule is CC(C)(C)OC(=O)N[C@H]1CCN(c2ccc(-c3ccccc3S(C)(=O)=O)cc2F)C1=O. The number of hydrogen-bond donors (Lipinski definition) is 1. The number of carbonyl (C=O) groups is 2. The molecule has 0 saturated carbocycles. The van der Waals surface area contributed by atoms with E-state index in [2.05, 4.69) is 5.32 Å². The van der Waals surface area contributed by atoms with E-state index >= 15 is 0 Å². The molecule has 0 spiro atoms. The number of amides is 2. The molecule has 0 radical (unpaired) electrons. The average molecular weight is 449 g/mol. The minimum atomic E-state index is -3.50. The van der Waals surface area contributed by atoms with Gasteiger partial charge in [-0.05, 0) is 51.0 Å². The van der Waals surface area contributed by atoms with Crippen molar-refractivity contribution in [3.05, 3.63) is 48.3 Å². The van der Waals surface area contributed by atoms with Crippen molar-refractivity contribution in [1.29, 1.82) is 0 Å². The fraction of sp³-hybridized carbons (Fsp3) is 0.364. The van der Waals surface area contributed by atoms with Crippen LogP contribution in [0.4, 0.5) is 14.9 Å². The first kappa shape index (κ1) is 22.7. The Bertz CT molecular complexity index is 1120. The summed E-state index contributed by atoms with van der Waals surface area (Å²) >= 11 is 0. The molecule has 0 aliphatic carbocycles. The molecule has 2 aromatic rings. The smallest absolute Gasteiger partial charge is 0.408 e. The van der Waals surface area contributed by atoms with Gasteiger partial charge in [-0.25, -0.2) is 17.6 Å². The summed E-state index contributed by atoms with van der Waals surface area (Å²) in [4.78, 5) is 26.0. The number of ether oxygens (including phenoxy) is 1. The van der Waals surface area contributed by atoms with E-state index in [1.807, 2.05) is 0 Å². The van der Waals surface area contributed by atoms with Gasteiger partial charge in [0.2, 0.25) is 5.91 Å². The lowest BCUT2D eigenvalue weighted by Gasteiger charge is -2.22. The molecule has 1 atom stereocenters. The number of nitrogens with one attached hydrogen (secondary N) is 1. The third-order valence-corrected chi connectivity index (χ3v) is 5.89. The predicted molar refractivity (Wildman–Crippen MR) is 115 cm³/mol. The Kier molecular flexibility index (Phi) is 6.09. The summed E-state index contributed by atoms with van der Waals surface area (Å²) in [6, 6.07) is 9.76. The Morgan fingerprint density at radius 3 is 2.48 bits per heavy atom. The number of halogens is 1. The summed E-state index contributed by atoms with van der Waals surface area (Å²) in [5, 5.41) is 2.52. The Labute approximate surface area is 181 Å². The van der Waals surface area contributed by atoms with Crippen molar-refractivity contribution in [1.82, 2.24) is 5.32 Å². The quantitative estimate of drug-likeness (QED) is 0.773. The van der Waals surface area contributed by atoms with Crippen LogP contribution >= 0.6 is 0 Å². The summed E-state index contributed by atoms with van der Waals surface area (Å²) in [5.74, 6) is -1.10. The van der Waals surface area contributed by atoms with E-state index in [4.69, 9.17) is 4.74 Å². The maximum absolute atomic E-state index is 14.9. The molecule has 31 heavy (non-hydrogen) atoms. The summed E-state index contributed by atoms with van der Waals surface area (Å²) in [6.45, 7) is 5.38. The topological polar surface area (TPSA) is 92.8 Å². The van der Waals surface area contributed by atoms with Gasteiger partial charge in [0, 0.05) is 18.4 Å². The molecule has 1 N–H and O–H groups in total. The van der Waals surface area contributed by atoms with E-state index in [1.54, 1.807) is 45.0 Å². The molecule has 7 nitrogen and oxygen atoms in total. The first-order valence-electron chi connectivity index (χ1n) is 9.77. The van der Waals surface area contributed by atoms with Crippen LogP contribution < -0.4 is 10.2 Å². The molecule has 1 fully saturated rings. The van der Waals surface area contributed by atoms with Crippen LogP contribution in [0.2, 0.25) is 0 Å². The molecule has 1 heterocycles. The Hall–Kier alpha value is -2.94. The monoisotopic (exact) mass is 448 g/mol. The molecule has 9 heteroatoms. The van der Waals surface area contributed by atoms with E-state index in [0.717, 1.165) is 6.26 Å².